The van der Waals surface area contributed by atoms with Crippen LogP contribution in [0.1, 0.15) is 46.0 Å². The van der Waals surface area contributed by atoms with Crippen molar-refractivity contribution in [3.63, 3.8) is 0 Å². The Bertz CT molecular complexity index is 1000. The Morgan fingerprint density at radius 3 is 2.58 bits per heavy atom. The topological polar surface area (TPSA) is 135 Å². The van der Waals surface area contributed by atoms with Gasteiger partial charge < -0.3 is 5.11 Å². The van der Waals surface area contributed by atoms with E-state index in [1.165, 1.54) is 6.08 Å². The van der Waals surface area contributed by atoms with Crippen molar-refractivity contribution in [2.45, 2.75) is 51.6 Å². The van der Waals surface area contributed by atoms with Crippen molar-refractivity contribution in [3.8, 4) is 0 Å². The summed E-state index contributed by atoms with van der Waals surface area (Å²) in [6.07, 6.45) is 6.93. The van der Waals surface area contributed by atoms with Crippen LogP contribution >= 0.6 is 0 Å². The van der Waals surface area contributed by atoms with Gasteiger partial charge in [0.2, 0.25) is 0 Å². The minimum absolute atomic E-state index is 0. The molecule has 4 aliphatic carbocycles. The third-order valence-electron chi connectivity index (χ3n) is 8.21. The number of carbonyl (C=O) groups is 3. The van der Waals surface area contributed by atoms with Gasteiger partial charge in [0.15, 0.2) is 11.6 Å². The molecule has 3 saturated carbocycles. The standard InChI is InChI=1S/C21H26O8S.Na/c1-19-7-5-13(22)9-12(19)3-4-14-15-6-8-21(25,17(24)11-29-30(26,27)28)20(15,2)10-16(23)18(14)19;/h5,7,9,14-15,18,25H,3-4,6,8,10-11H2,1-2H3,(H,26,27,28);/t14-,15-,18+,19-,20-,21-;/m0./s1. The van der Waals surface area contributed by atoms with Crippen LogP contribution in [0.25, 0.3) is 0 Å². The van der Waals surface area contributed by atoms with Crippen LogP contribution in [-0.2, 0) is 29.0 Å². The summed E-state index contributed by atoms with van der Waals surface area (Å²) in [5, 5.41) is 11.3. The number of fused-ring (bicyclic) bond motifs is 5. The molecule has 31 heavy (non-hydrogen) atoms. The molecule has 0 saturated heterocycles. The first-order chi connectivity index (χ1) is 13.8. The van der Waals surface area contributed by atoms with Gasteiger partial charge in [0.05, 0.1) is 0 Å². The number of aliphatic hydroxyl groups is 1. The quantitative estimate of drug-likeness (QED) is 0.471. The summed E-state index contributed by atoms with van der Waals surface area (Å²) in [6, 6.07) is 0. The van der Waals surface area contributed by atoms with E-state index in [1.807, 2.05) is 13.0 Å². The largest absolute Gasteiger partial charge is 0.397 e. The minimum Gasteiger partial charge on any atom is -0.381 e. The van der Waals surface area contributed by atoms with E-state index in [0.717, 1.165) is 5.57 Å². The zero-order valence-electron chi connectivity index (χ0n) is 18.0. The van der Waals surface area contributed by atoms with Gasteiger partial charge in [-0.25, -0.2) is 4.18 Å². The van der Waals surface area contributed by atoms with E-state index in [-0.39, 0.29) is 71.7 Å². The molecule has 0 unspecified atom stereocenters. The maximum absolute atomic E-state index is 13.4. The van der Waals surface area contributed by atoms with Gasteiger partial charge in [0.25, 0.3) is 0 Å². The van der Waals surface area contributed by atoms with E-state index in [1.54, 1.807) is 13.0 Å². The van der Waals surface area contributed by atoms with Crippen molar-refractivity contribution in [2.24, 2.45) is 28.6 Å². The fraction of sp³-hybridized carbons (Fsp3) is 0.667. The van der Waals surface area contributed by atoms with Crippen LogP contribution in [0.5, 0.6) is 0 Å². The average molecular weight is 461 g/mol. The predicted octanol–water partition coefficient (Wildman–Crippen LogP) is 1.21. The monoisotopic (exact) mass is 461 g/mol. The molecule has 0 aromatic carbocycles. The Labute approximate surface area is 203 Å². The number of allylic oxidation sites excluding steroid dienone is 4. The number of Topliss-reactive ketones (excluding diaryl/α,β-unsaturated/α-hetero) is 2. The number of hydrogen-bond donors (Lipinski definition) is 2. The summed E-state index contributed by atoms with van der Waals surface area (Å²) in [4.78, 5) is 38.0. The number of rotatable bonds is 4. The second-order valence-electron chi connectivity index (χ2n) is 9.55. The molecule has 0 aromatic rings. The van der Waals surface area contributed by atoms with Gasteiger partial charge in [0, 0.05) is 52.7 Å². The number of ketones is 3. The zero-order chi connectivity index (χ0) is 22.1. The summed E-state index contributed by atoms with van der Waals surface area (Å²) >= 11 is 0. The molecule has 0 spiro atoms. The third-order valence-corrected chi connectivity index (χ3v) is 8.62. The van der Waals surface area contributed by atoms with Crippen LogP contribution in [0.15, 0.2) is 23.8 Å². The third kappa shape index (κ3) is 3.76. The van der Waals surface area contributed by atoms with Crippen molar-refractivity contribution < 1.29 is 36.6 Å². The zero-order valence-corrected chi connectivity index (χ0v) is 20.8. The van der Waals surface area contributed by atoms with Gasteiger partial charge in [-0.3, -0.25) is 18.9 Å². The molecule has 0 heterocycles. The van der Waals surface area contributed by atoms with Crippen LogP contribution in [0.4, 0.5) is 0 Å². The normalized spacial score (nSPS) is 41.5. The number of carbonyl (C=O) groups excluding carboxylic acids is 3. The summed E-state index contributed by atoms with van der Waals surface area (Å²) in [6.45, 7) is 2.72. The van der Waals surface area contributed by atoms with Crippen LogP contribution in [0.2, 0.25) is 0 Å². The Hall–Kier alpha value is -0.680. The molecule has 2 N–H and O–H groups in total. The van der Waals surface area contributed by atoms with Crippen molar-refractivity contribution >= 4 is 57.3 Å². The van der Waals surface area contributed by atoms with E-state index < -0.39 is 39.2 Å². The Balaban J connectivity index is 0.00000272. The second-order valence-corrected chi connectivity index (χ2v) is 10.6. The first-order valence-electron chi connectivity index (χ1n) is 10.2. The maximum Gasteiger partial charge on any atom is 0.397 e. The van der Waals surface area contributed by atoms with Gasteiger partial charge in [-0.05, 0) is 49.7 Å². The van der Waals surface area contributed by atoms with Crippen LogP contribution in [0.3, 0.4) is 0 Å². The maximum atomic E-state index is 13.4. The van der Waals surface area contributed by atoms with E-state index >= 15 is 0 Å². The fourth-order valence-corrected chi connectivity index (χ4v) is 7.00. The fourth-order valence-electron chi connectivity index (χ4n) is 6.74. The Kier molecular flexibility index (Phi) is 6.41. The van der Waals surface area contributed by atoms with Gasteiger partial charge in [-0.1, -0.05) is 25.5 Å². The molecule has 4 aliphatic rings. The van der Waals surface area contributed by atoms with Crippen molar-refractivity contribution in [2.75, 3.05) is 6.61 Å². The predicted molar refractivity (Wildman–Crippen MR) is 110 cm³/mol. The molecule has 3 fully saturated rings. The minimum atomic E-state index is -4.82. The molecule has 0 bridgehead atoms. The first kappa shape index (κ1) is 25.0. The molecule has 8 nitrogen and oxygen atoms in total. The molecule has 4 rings (SSSR count). The smallest absolute Gasteiger partial charge is 0.381 e. The van der Waals surface area contributed by atoms with Crippen LogP contribution in [-0.4, -0.2) is 77.2 Å². The Morgan fingerprint density at radius 1 is 1.26 bits per heavy atom. The van der Waals surface area contributed by atoms with Gasteiger partial charge in [-0.15, -0.1) is 0 Å². The number of hydrogen-bond acceptors (Lipinski definition) is 7. The molecular formula is C21H26NaO8S. The molecule has 0 aliphatic heterocycles. The molecule has 10 heteroatoms. The Morgan fingerprint density at radius 2 is 1.94 bits per heavy atom. The molecule has 0 aromatic heterocycles. The van der Waals surface area contributed by atoms with Gasteiger partial charge in [-0.2, -0.15) is 8.42 Å². The SMILES string of the molecule is C[C@]12C=CC(=O)C=C1CC[C@@H]1[C@@H]2C(=O)C[C@@]2(C)[C@H]1CC[C@]2(O)C(=O)COS(=O)(=O)O.[Na]. The van der Waals surface area contributed by atoms with Crippen molar-refractivity contribution in [3.05, 3.63) is 23.8 Å². The van der Waals surface area contributed by atoms with E-state index in [0.29, 0.717) is 19.3 Å². The first-order valence-corrected chi connectivity index (χ1v) is 11.5. The van der Waals surface area contributed by atoms with Gasteiger partial charge in [0.1, 0.15) is 18.0 Å². The van der Waals surface area contributed by atoms with E-state index in [2.05, 4.69) is 4.18 Å². The van der Waals surface area contributed by atoms with E-state index in [9.17, 15) is 27.9 Å². The molecule has 6 atom stereocenters. The summed E-state index contributed by atoms with van der Waals surface area (Å²) in [5.74, 6) is -1.47. The van der Waals surface area contributed by atoms with Crippen LogP contribution < -0.4 is 0 Å². The van der Waals surface area contributed by atoms with Gasteiger partial charge >= 0.3 is 10.4 Å². The van der Waals surface area contributed by atoms with Crippen LogP contribution in [0, 0.1) is 28.6 Å². The van der Waals surface area contributed by atoms with Crippen molar-refractivity contribution in [1.82, 2.24) is 0 Å². The summed E-state index contributed by atoms with van der Waals surface area (Å²) in [7, 11) is -4.82. The second kappa shape index (κ2) is 7.97. The summed E-state index contributed by atoms with van der Waals surface area (Å²) < 4.78 is 34.7. The molecule has 165 valence electrons. The summed E-state index contributed by atoms with van der Waals surface area (Å²) in [5.41, 5.74) is -2.54. The average Bonchev–Trinajstić information content (AvgIpc) is 2.91. The van der Waals surface area contributed by atoms with Crippen molar-refractivity contribution in [1.29, 1.82) is 0 Å². The van der Waals surface area contributed by atoms with E-state index in [4.69, 9.17) is 4.55 Å². The molecule has 0 amide bonds. The molecular weight excluding hydrogens is 435 g/mol. The molecule has 1 radical (unpaired) electrons.